The summed E-state index contributed by atoms with van der Waals surface area (Å²) in [6, 6.07) is 0. The van der Waals surface area contributed by atoms with Crippen LogP contribution in [0.25, 0.3) is 0 Å². The maximum atomic E-state index is 9.59. The number of hydrogen-bond acceptors (Lipinski definition) is 3. The second-order valence-electron chi connectivity index (χ2n) is 0.780. The molecule has 0 N–H and O–H groups in total. The maximum absolute atomic E-state index is 9.59. The van der Waals surface area contributed by atoms with Gasteiger partial charge in [-0.2, -0.15) is 12.6 Å². The first kappa shape index (κ1) is 6.41. The molecule has 36 valence electrons. The van der Waals surface area contributed by atoms with Crippen LogP contribution in [0, 0.1) is 0 Å². The van der Waals surface area contributed by atoms with Gasteiger partial charge in [-0.3, -0.25) is 0 Å². The van der Waals surface area contributed by atoms with Crippen molar-refractivity contribution in [2.75, 3.05) is 11.9 Å². The SMILES string of the molecule is O=[P+]([O-])CCS. The predicted molar refractivity (Wildman–Crippen MR) is 26.3 cm³/mol. The molecule has 0 saturated carbocycles. The third kappa shape index (κ3) is 4.41. The Balaban J connectivity index is 2.83. The van der Waals surface area contributed by atoms with Gasteiger partial charge in [-0.1, -0.05) is 4.57 Å². The largest absolute Gasteiger partial charge is 0.596 e. The summed E-state index contributed by atoms with van der Waals surface area (Å²) in [5.74, 6) is 0.429. The van der Waals surface area contributed by atoms with Crippen molar-refractivity contribution in [2.45, 2.75) is 0 Å². The summed E-state index contributed by atoms with van der Waals surface area (Å²) in [5, 5.41) is 0. The van der Waals surface area contributed by atoms with Gasteiger partial charge >= 0.3 is 8.03 Å². The lowest BCUT2D eigenvalue weighted by molar-refractivity contribution is -0.163. The van der Waals surface area contributed by atoms with Gasteiger partial charge in [-0.15, -0.1) is 0 Å². The average molecular weight is 124 g/mol. The number of thiol groups is 1. The Labute approximate surface area is 42.8 Å². The summed E-state index contributed by atoms with van der Waals surface area (Å²) in [4.78, 5) is 9.59. The summed E-state index contributed by atoms with van der Waals surface area (Å²) in [6.45, 7) is 0. The van der Waals surface area contributed by atoms with E-state index in [1.807, 2.05) is 0 Å². The Kier molecular flexibility index (Phi) is 3.84. The predicted octanol–water partition coefficient (Wildman–Crippen LogP) is 0.0189. The van der Waals surface area contributed by atoms with Gasteiger partial charge in [0.05, 0.1) is 0 Å². The molecule has 0 saturated heterocycles. The van der Waals surface area contributed by atoms with E-state index in [1.54, 1.807) is 0 Å². The molecule has 2 nitrogen and oxygen atoms in total. The summed E-state index contributed by atoms with van der Waals surface area (Å²) in [6.07, 6.45) is 0.193. The number of rotatable bonds is 2. The fourth-order valence-corrected chi connectivity index (χ4v) is 0.735. The monoisotopic (exact) mass is 124 g/mol. The van der Waals surface area contributed by atoms with E-state index < -0.39 is 8.03 Å². The topological polar surface area (TPSA) is 40.1 Å². The lowest BCUT2D eigenvalue weighted by atomic mass is 11.0. The van der Waals surface area contributed by atoms with Crippen LogP contribution in [0.5, 0.6) is 0 Å². The summed E-state index contributed by atoms with van der Waals surface area (Å²) in [7, 11) is -2.18. The Hall–Kier alpha value is 0.410. The first-order chi connectivity index (χ1) is 2.77. The lowest BCUT2D eigenvalue weighted by Gasteiger charge is -1.77. The van der Waals surface area contributed by atoms with Gasteiger partial charge in [0.15, 0.2) is 6.16 Å². The molecule has 0 rings (SSSR count). The molecule has 4 heteroatoms. The normalized spacial score (nSPS) is 11.3. The minimum Gasteiger partial charge on any atom is -0.596 e. The van der Waals surface area contributed by atoms with Gasteiger partial charge in [0.1, 0.15) is 0 Å². The molecular formula is C2H5O2PS. The fourth-order valence-electron chi connectivity index (χ4n) is 0.0816. The molecular weight excluding hydrogens is 119 g/mol. The molecule has 0 fully saturated rings. The minimum atomic E-state index is -2.18. The third-order valence-corrected chi connectivity index (χ3v) is 1.45. The highest BCUT2D eigenvalue weighted by atomic mass is 32.1. The van der Waals surface area contributed by atoms with Crippen molar-refractivity contribution in [3.8, 4) is 0 Å². The van der Waals surface area contributed by atoms with Gasteiger partial charge in [0.2, 0.25) is 0 Å². The van der Waals surface area contributed by atoms with Crippen LogP contribution in [0.2, 0.25) is 0 Å². The Morgan fingerprint density at radius 3 is 2.33 bits per heavy atom. The van der Waals surface area contributed by atoms with E-state index in [0.29, 0.717) is 5.75 Å². The van der Waals surface area contributed by atoms with Crippen molar-refractivity contribution >= 4 is 20.7 Å². The quantitative estimate of drug-likeness (QED) is 0.416. The molecule has 0 aliphatic heterocycles. The van der Waals surface area contributed by atoms with E-state index in [1.165, 1.54) is 0 Å². The van der Waals surface area contributed by atoms with Crippen LogP contribution in [0.15, 0.2) is 0 Å². The zero-order valence-electron chi connectivity index (χ0n) is 3.13. The van der Waals surface area contributed by atoms with Gasteiger partial charge in [0.25, 0.3) is 0 Å². The fraction of sp³-hybridized carbons (Fsp3) is 1.00. The molecule has 1 atom stereocenters. The van der Waals surface area contributed by atoms with Gasteiger partial charge in [-0.25, -0.2) is 0 Å². The zero-order valence-corrected chi connectivity index (χ0v) is 4.91. The van der Waals surface area contributed by atoms with Crippen LogP contribution in [0.3, 0.4) is 0 Å². The van der Waals surface area contributed by atoms with Crippen molar-refractivity contribution < 1.29 is 9.46 Å². The van der Waals surface area contributed by atoms with E-state index in [2.05, 4.69) is 12.6 Å². The average Bonchev–Trinajstić information content (AvgIpc) is 1.35. The Bertz CT molecular complexity index is 55.5. The van der Waals surface area contributed by atoms with E-state index >= 15 is 0 Å². The van der Waals surface area contributed by atoms with E-state index in [9.17, 15) is 9.46 Å². The summed E-state index contributed by atoms with van der Waals surface area (Å²) < 4.78 is 9.59. The van der Waals surface area contributed by atoms with Crippen LogP contribution >= 0.6 is 20.7 Å². The van der Waals surface area contributed by atoms with Gasteiger partial charge in [0, 0.05) is 5.75 Å². The van der Waals surface area contributed by atoms with Gasteiger partial charge in [-0.05, 0) is 0 Å². The maximum Gasteiger partial charge on any atom is 0.309 e. The molecule has 0 amide bonds. The van der Waals surface area contributed by atoms with Crippen molar-refractivity contribution in [3.05, 3.63) is 0 Å². The smallest absolute Gasteiger partial charge is 0.309 e. The molecule has 0 aromatic heterocycles. The Morgan fingerprint density at radius 1 is 1.83 bits per heavy atom. The molecule has 0 aliphatic carbocycles. The minimum absolute atomic E-state index is 0.193. The highest BCUT2D eigenvalue weighted by Gasteiger charge is 1.92. The van der Waals surface area contributed by atoms with Crippen molar-refractivity contribution in [3.63, 3.8) is 0 Å². The highest BCUT2D eigenvalue weighted by molar-refractivity contribution is 7.80. The molecule has 0 heterocycles. The van der Waals surface area contributed by atoms with Crippen LogP contribution in [-0.4, -0.2) is 11.9 Å². The molecule has 0 spiro atoms. The third-order valence-electron chi connectivity index (χ3n) is 0.283. The van der Waals surface area contributed by atoms with E-state index in [0.717, 1.165) is 0 Å². The van der Waals surface area contributed by atoms with Crippen LogP contribution in [0.1, 0.15) is 0 Å². The van der Waals surface area contributed by atoms with Crippen molar-refractivity contribution in [1.29, 1.82) is 0 Å². The first-order valence-corrected chi connectivity index (χ1v) is 3.49. The molecule has 0 bridgehead atoms. The standard InChI is InChI=1S/C2H5O2PS/c3-5(4)1-2-6/h6H,1-2H2. The molecule has 6 heavy (non-hydrogen) atoms. The first-order valence-electron chi connectivity index (χ1n) is 1.50. The van der Waals surface area contributed by atoms with Crippen molar-refractivity contribution in [2.24, 2.45) is 0 Å². The summed E-state index contributed by atoms with van der Waals surface area (Å²) >= 11 is 3.68. The highest BCUT2D eigenvalue weighted by Crippen LogP contribution is 2.04. The van der Waals surface area contributed by atoms with Crippen molar-refractivity contribution in [1.82, 2.24) is 0 Å². The number of hydrogen-bond donors (Lipinski definition) is 1. The zero-order chi connectivity index (χ0) is 4.99. The molecule has 0 radical (unpaired) electrons. The van der Waals surface area contributed by atoms with E-state index in [4.69, 9.17) is 0 Å². The van der Waals surface area contributed by atoms with Crippen LogP contribution in [-0.2, 0) is 4.57 Å². The Morgan fingerprint density at radius 2 is 2.33 bits per heavy atom. The van der Waals surface area contributed by atoms with Crippen LogP contribution in [0.4, 0.5) is 0 Å². The molecule has 1 unspecified atom stereocenters. The summed E-state index contributed by atoms with van der Waals surface area (Å²) in [5.41, 5.74) is 0. The van der Waals surface area contributed by atoms with E-state index in [-0.39, 0.29) is 6.16 Å². The second-order valence-corrected chi connectivity index (χ2v) is 2.34. The molecule has 0 aliphatic rings. The molecule has 0 aromatic carbocycles. The second kappa shape index (κ2) is 3.59. The lowest BCUT2D eigenvalue weighted by Crippen LogP contribution is -1.90. The van der Waals surface area contributed by atoms with Crippen LogP contribution < -0.4 is 4.89 Å². The van der Waals surface area contributed by atoms with Gasteiger partial charge < -0.3 is 4.89 Å². The molecule has 0 aromatic rings.